The second-order valence-electron chi connectivity index (χ2n) is 7.58. The van der Waals surface area contributed by atoms with E-state index in [0.717, 1.165) is 5.57 Å². The number of anilines is 1. The minimum atomic E-state index is -0.349. The van der Waals surface area contributed by atoms with Gasteiger partial charge in [0.05, 0.1) is 11.9 Å². The topological polar surface area (TPSA) is 120 Å². The highest BCUT2D eigenvalue weighted by molar-refractivity contribution is 5.91. The lowest BCUT2D eigenvalue weighted by Gasteiger charge is -2.05. The highest BCUT2D eigenvalue weighted by Crippen LogP contribution is 2.27. The Labute approximate surface area is 181 Å². The number of rotatable bonds is 5. The van der Waals surface area contributed by atoms with Crippen LogP contribution in [0.4, 0.5) is 10.2 Å². The van der Waals surface area contributed by atoms with E-state index in [0.29, 0.717) is 40.0 Å². The number of nitrogens with one attached hydrogen (secondary N) is 1. The van der Waals surface area contributed by atoms with Crippen molar-refractivity contribution >= 4 is 28.0 Å². The molecule has 32 heavy (non-hydrogen) atoms. The molecule has 4 aromatic heterocycles. The number of hydrogen-bond acceptors (Lipinski definition) is 6. The zero-order chi connectivity index (χ0) is 22.4. The summed E-state index contributed by atoms with van der Waals surface area (Å²) in [6, 6.07) is 10.1. The number of hydrogen-bond donors (Lipinski definition) is 2. The van der Waals surface area contributed by atoms with Crippen LogP contribution in [0.15, 0.2) is 59.5 Å². The highest BCUT2D eigenvalue weighted by atomic mass is 19.1. The molecule has 10 heteroatoms. The first-order chi connectivity index (χ1) is 15.4. The van der Waals surface area contributed by atoms with Crippen molar-refractivity contribution in [2.24, 2.45) is 0 Å². The van der Waals surface area contributed by atoms with E-state index in [1.807, 2.05) is 13.0 Å². The van der Waals surface area contributed by atoms with Gasteiger partial charge in [0.2, 0.25) is 0 Å². The third-order valence-corrected chi connectivity index (χ3v) is 5.08. The van der Waals surface area contributed by atoms with Gasteiger partial charge in [0.25, 0.3) is 0 Å². The van der Waals surface area contributed by atoms with Crippen LogP contribution >= 0.6 is 0 Å². The number of aromatic nitrogens is 7. The number of aromatic amines is 1. The zero-order valence-electron chi connectivity index (χ0n) is 17.2. The standard InChI is InChI=1S/C22H19FN8O/c1-12(2)10-30-21-17(26-22(30)32)18(24)27-19(28-21)16-14-7-5-9-25-20(14)31(29-16)11-13-6-3-4-8-15(13)23/h3-9H,1,10-11H2,2H3,(H,26,32)(H2,24,27,28). The summed E-state index contributed by atoms with van der Waals surface area (Å²) in [6.07, 6.45) is 1.64. The number of nitrogen functional groups attached to an aromatic ring is 1. The van der Waals surface area contributed by atoms with Gasteiger partial charge in [-0.15, -0.1) is 0 Å². The van der Waals surface area contributed by atoms with Crippen LogP contribution in [0.2, 0.25) is 0 Å². The number of halogens is 1. The van der Waals surface area contributed by atoms with Crippen LogP contribution in [0.5, 0.6) is 0 Å². The van der Waals surface area contributed by atoms with Gasteiger partial charge in [-0.25, -0.2) is 28.8 Å². The Morgan fingerprint density at radius 3 is 2.78 bits per heavy atom. The van der Waals surface area contributed by atoms with Gasteiger partial charge in [-0.05, 0) is 25.1 Å². The highest BCUT2D eigenvalue weighted by Gasteiger charge is 2.20. The molecule has 5 aromatic rings. The Hall–Kier alpha value is -4.34. The van der Waals surface area contributed by atoms with Gasteiger partial charge in [0.1, 0.15) is 17.0 Å². The van der Waals surface area contributed by atoms with Crippen LogP contribution < -0.4 is 11.4 Å². The molecule has 0 aliphatic heterocycles. The molecule has 0 atom stereocenters. The number of nitrogens with two attached hydrogens (primary N) is 1. The van der Waals surface area contributed by atoms with Crippen molar-refractivity contribution < 1.29 is 4.39 Å². The number of fused-ring (bicyclic) bond motifs is 2. The van der Waals surface area contributed by atoms with E-state index in [4.69, 9.17) is 5.73 Å². The zero-order valence-corrected chi connectivity index (χ0v) is 17.2. The monoisotopic (exact) mass is 430 g/mol. The molecule has 0 radical (unpaired) electrons. The van der Waals surface area contributed by atoms with Gasteiger partial charge in [-0.1, -0.05) is 30.4 Å². The summed E-state index contributed by atoms with van der Waals surface area (Å²) in [5.74, 6) is 0.0460. The van der Waals surface area contributed by atoms with Gasteiger partial charge < -0.3 is 10.7 Å². The molecule has 0 saturated heterocycles. The Balaban J connectivity index is 1.71. The molecule has 0 spiro atoms. The molecule has 5 rings (SSSR count). The molecule has 0 aliphatic carbocycles. The van der Waals surface area contributed by atoms with Crippen LogP contribution in [-0.4, -0.2) is 34.3 Å². The van der Waals surface area contributed by atoms with Crippen LogP contribution in [0, 0.1) is 5.82 Å². The average Bonchev–Trinajstić information content (AvgIpc) is 3.28. The lowest BCUT2D eigenvalue weighted by molar-refractivity contribution is 0.589. The van der Waals surface area contributed by atoms with Crippen molar-refractivity contribution in [3.8, 4) is 11.5 Å². The minimum Gasteiger partial charge on any atom is -0.382 e. The molecule has 1 aromatic carbocycles. The largest absolute Gasteiger partial charge is 0.382 e. The van der Waals surface area contributed by atoms with E-state index in [2.05, 4.69) is 31.6 Å². The van der Waals surface area contributed by atoms with Gasteiger partial charge in [-0.3, -0.25) is 4.57 Å². The number of imidazole rings is 1. The second kappa shape index (κ2) is 7.41. The third-order valence-electron chi connectivity index (χ3n) is 5.08. The van der Waals surface area contributed by atoms with Crippen molar-refractivity contribution in [3.05, 3.63) is 76.6 Å². The van der Waals surface area contributed by atoms with E-state index in [9.17, 15) is 9.18 Å². The maximum absolute atomic E-state index is 14.2. The minimum absolute atomic E-state index is 0.128. The summed E-state index contributed by atoms with van der Waals surface area (Å²) in [5, 5.41) is 5.32. The first-order valence-electron chi connectivity index (χ1n) is 9.88. The van der Waals surface area contributed by atoms with E-state index in [1.165, 1.54) is 10.6 Å². The Morgan fingerprint density at radius 2 is 2.00 bits per heavy atom. The fourth-order valence-electron chi connectivity index (χ4n) is 3.65. The van der Waals surface area contributed by atoms with Gasteiger partial charge in [-0.2, -0.15) is 5.10 Å². The van der Waals surface area contributed by atoms with Crippen LogP contribution in [-0.2, 0) is 13.1 Å². The van der Waals surface area contributed by atoms with Gasteiger partial charge in [0.15, 0.2) is 22.9 Å². The smallest absolute Gasteiger partial charge is 0.328 e. The van der Waals surface area contributed by atoms with Crippen molar-refractivity contribution in [2.75, 3.05) is 5.73 Å². The van der Waals surface area contributed by atoms with Crippen molar-refractivity contribution in [1.82, 2.24) is 34.3 Å². The molecule has 3 N–H and O–H groups in total. The Kier molecular flexibility index (Phi) is 4.54. The number of pyridine rings is 1. The molecule has 0 fully saturated rings. The van der Waals surface area contributed by atoms with E-state index < -0.39 is 0 Å². The molecule has 160 valence electrons. The summed E-state index contributed by atoms with van der Waals surface area (Å²) in [5.41, 5.74) is 8.77. The molecule has 9 nitrogen and oxygen atoms in total. The SMILES string of the molecule is C=C(C)Cn1c(=O)[nH]c2c(N)nc(-c3nn(Cc4ccccc4F)c4ncccc34)nc21. The average molecular weight is 430 g/mol. The molecule has 0 saturated carbocycles. The first-order valence-corrected chi connectivity index (χ1v) is 9.88. The normalized spacial score (nSPS) is 11.4. The van der Waals surface area contributed by atoms with E-state index >= 15 is 0 Å². The quantitative estimate of drug-likeness (QED) is 0.414. The number of benzene rings is 1. The van der Waals surface area contributed by atoms with Crippen LogP contribution in [0.3, 0.4) is 0 Å². The molecule has 0 bridgehead atoms. The van der Waals surface area contributed by atoms with Crippen LogP contribution in [0.1, 0.15) is 12.5 Å². The third kappa shape index (κ3) is 3.22. The molecule has 4 heterocycles. The van der Waals surface area contributed by atoms with Gasteiger partial charge in [0, 0.05) is 18.3 Å². The van der Waals surface area contributed by atoms with Crippen molar-refractivity contribution in [3.63, 3.8) is 0 Å². The lowest BCUT2D eigenvalue weighted by atomic mass is 10.2. The van der Waals surface area contributed by atoms with E-state index in [1.54, 1.807) is 35.1 Å². The van der Waals surface area contributed by atoms with Gasteiger partial charge >= 0.3 is 5.69 Å². The molecular weight excluding hydrogens is 411 g/mol. The fraction of sp³-hybridized carbons (Fsp3) is 0.136. The molecular formula is C22H19FN8O. The molecule has 0 amide bonds. The second-order valence-corrected chi connectivity index (χ2v) is 7.58. The van der Waals surface area contributed by atoms with Crippen molar-refractivity contribution in [2.45, 2.75) is 20.0 Å². The lowest BCUT2D eigenvalue weighted by Crippen LogP contribution is -2.17. The first kappa shape index (κ1) is 19.6. The summed E-state index contributed by atoms with van der Waals surface area (Å²) < 4.78 is 17.3. The number of allylic oxidation sites excluding steroid dienone is 1. The predicted octanol–water partition coefficient (Wildman–Crippen LogP) is 2.88. The van der Waals surface area contributed by atoms with Crippen LogP contribution in [0.25, 0.3) is 33.7 Å². The summed E-state index contributed by atoms with van der Waals surface area (Å²) >= 11 is 0. The number of nitrogens with zero attached hydrogens (tertiary/aromatic N) is 6. The van der Waals surface area contributed by atoms with Crippen molar-refractivity contribution in [1.29, 1.82) is 0 Å². The maximum Gasteiger partial charge on any atom is 0.328 e. The maximum atomic E-state index is 14.2. The molecule has 0 aliphatic rings. The Bertz CT molecular complexity index is 1560. The summed E-state index contributed by atoms with van der Waals surface area (Å²) in [4.78, 5) is 28.5. The predicted molar refractivity (Wildman–Crippen MR) is 119 cm³/mol. The molecule has 0 unspecified atom stereocenters. The summed E-state index contributed by atoms with van der Waals surface area (Å²) in [6.45, 7) is 6.16. The summed E-state index contributed by atoms with van der Waals surface area (Å²) in [7, 11) is 0. The fourth-order valence-corrected chi connectivity index (χ4v) is 3.65. The number of H-pyrrole nitrogens is 1. The Morgan fingerprint density at radius 1 is 1.19 bits per heavy atom. The van der Waals surface area contributed by atoms with E-state index in [-0.39, 0.29) is 29.7 Å².